The van der Waals surface area contributed by atoms with Crippen molar-refractivity contribution in [3.8, 4) is 0 Å². The summed E-state index contributed by atoms with van der Waals surface area (Å²) >= 11 is 0. The summed E-state index contributed by atoms with van der Waals surface area (Å²) in [6.07, 6.45) is 2.62. The average molecular weight is 113 g/mol. The van der Waals surface area contributed by atoms with Gasteiger partial charge in [-0.1, -0.05) is 39.5 Å². The van der Waals surface area contributed by atoms with Gasteiger partial charge >= 0.3 is 0 Å². The molecule has 0 rings (SSSR count). The molecule has 0 aromatic rings. The Morgan fingerprint density at radius 2 is 1.88 bits per heavy atom. The van der Waals surface area contributed by atoms with E-state index in [0.717, 1.165) is 5.92 Å². The third kappa shape index (κ3) is 3.06. The molecule has 2 unspecified atom stereocenters. The minimum absolute atomic E-state index is 0.620. The minimum atomic E-state index is 0.620. The molecule has 50 valence electrons. The predicted molar refractivity (Wildman–Crippen MR) is 38.6 cm³/mol. The van der Waals surface area contributed by atoms with Gasteiger partial charge in [0.2, 0.25) is 0 Å². The van der Waals surface area contributed by atoms with E-state index in [4.69, 9.17) is 0 Å². The van der Waals surface area contributed by atoms with Gasteiger partial charge in [0.25, 0.3) is 0 Å². The third-order valence-corrected chi connectivity index (χ3v) is 1.72. The van der Waals surface area contributed by atoms with Gasteiger partial charge < -0.3 is 6.92 Å². The van der Waals surface area contributed by atoms with E-state index >= 15 is 0 Å². The molecule has 0 spiro atoms. The molecule has 0 bridgehead atoms. The van der Waals surface area contributed by atoms with Gasteiger partial charge in [-0.05, 0) is 0 Å². The van der Waals surface area contributed by atoms with E-state index in [0.29, 0.717) is 5.92 Å². The normalized spacial score (nSPS) is 18.0. The highest BCUT2D eigenvalue weighted by Gasteiger charge is 1.97. The van der Waals surface area contributed by atoms with Crippen molar-refractivity contribution >= 4 is 0 Å². The van der Waals surface area contributed by atoms with Crippen molar-refractivity contribution < 1.29 is 0 Å². The van der Waals surface area contributed by atoms with Gasteiger partial charge in [-0.25, -0.2) is 0 Å². The molecular formula is C8H17-. The zero-order chi connectivity index (χ0) is 6.57. The first-order chi connectivity index (χ1) is 3.68. The molecule has 0 saturated heterocycles. The number of hydrogen-bond donors (Lipinski definition) is 0. The molecule has 0 aliphatic carbocycles. The summed E-state index contributed by atoms with van der Waals surface area (Å²) in [6, 6.07) is 0. The second-order valence-electron chi connectivity index (χ2n) is 2.74. The Hall–Kier alpha value is 0. The van der Waals surface area contributed by atoms with Crippen LogP contribution in [0.4, 0.5) is 0 Å². The second-order valence-corrected chi connectivity index (χ2v) is 2.74. The highest BCUT2D eigenvalue weighted by atomic mass is 14.1. The zero-order valence-corrected chi connectivity index (χ0v) is 6.28. The molecule has 0 amide bonds. The molecule has 0 aromatic carbocycles. The maximum absolute atomic E-state index is 3.96. The van der Waals surface area contributed by atoms with Crippen LogP contribution < -0.4 is 0 Å². The van der Waals surface area contributed by atoms with Crippen molar-refractivity contribution in [1.82, 2.24) is 0 Å². The monoisotopic (exact) mass is 113 g/mol. The summed E-state index contributed by atoms with van der Waals surface area (Å²) in [6.45, 7) is 10.6. The molecule has 8 heavy (non-hydrogen) atoms. The highest BCUT2D eigenvalue weighted by Crippen LogP contribution is 2.14. The highest BCUT2D eigenvalue weighted by molar-refractivity contribution is 4.61. The Kier molecular flexibility index (Phi) is 3.94. The molecule has 0 fully saturated rings. The van der Waals surface area contributed by atoms with Crippen LogP contribution in [-0.4, -0.2) is 0 Å². The molecule has 0 aromatic heterocycles. The lowest BCUT2D eigenvalue weighted by molar-refractivity contribution is 0.421. The van der Waals surface area contributed by atoms with Gasteiger partial charge in [-0.15, -0.1) is 0 Å². The van der Waals surface area contributed by atoms with E-state index in [2.05, 4.69) is 27.7 Å². The van der Waals surface area contributed by atoms with Gasteiger partial charge in [-0.2, -0.15) is 5.92 Å². The molecule has 0 N–H and O–H groups in total. The van der Waals surface area contributed by atoms with E-state index in [9.17, 15) is 0 Å². The van der Waals surface area contributed by atoms with Gasteiger partial charge in [0.05, 0.1) is 0 Å². The van der Waals surface area contributed by atoms with Gasteiger partial charge in [0.15, 0.2) is 0 Å². The standard InChI is InChI=1S/C8H17/c1-5-6-8(4)7(2)3/h7-8H,2,5-6H2,1,3-4H3/q-1. The van der Waals surface area contributed by atoms with Crippen LogP contribution >= 0.6 is 0 Å². The van der Waals surface area contributed by atoms with Crippen LogP contribution in [0.1, 0.15) is 33.6 Å². The lowest BCUT2D eigenvalue weighted by Gasteiger charge is -2.19. The fourth-order valence-corrected chi connectivity index (χ4v) is 0.740. The van der Waals surface area contributed by atoms with Crippen LogP contribution in [0, 0.1) is 18.8 Å². The molecule has 0 saturated carbocycles. The SMILES string of the molecule is [CH2-]C(C)C(C)CCC. The maximum Gasteiger partial charge on any atom is -0.0532 e. The number of hydrogen-bond acceptors (Lipinski definition) is 0. The third-order valence-electron chi connectivity index (χ3n) is 1.72. The largest absolute Gasteiger partial charge is 0.340 e. The molecule has 0 heterocycles. The second kappa shape index (κ2) is 3.94. The summed E-state index contributed by atoms with van der Waals surface area (Å²) in [5.41, 5.74) is 0. The van der Waals surface area contributed by atoms with Crippen LogP contribution in [0.25, 0.3) is 0 Å². The Morgan fingerprint density at radius 1 is 1.38 bits per heavy atom. The van der Waals surface area contributed by atoms with E-state index in [1.54, 1.807) is 0 Å². The Morgan fingerprint density at radius 3 is 2.00 bits per heavy atom. The van der Waals surface area contributed by atoms with Gasteiger partial charge in [0, 0.05) is 0 Å². The summed E-state index contributed by atoms with van der Waals surface area (Å²) in [5.74, 6) is 1.43. The lowest BCUT2D eigenvalue weighted by atomic mass is 9.94. The topological polar surface area (TPSA) is 0 Å². The zero-order valence-electron chi connectivity index (χ0n) is 6.28. The maximum atomic E-state index is 3.96. The lowest BCUT2D eigenvalue weighted by Crippen LogP contribution is -2.02. The molecule has 2 atom stereocenters. The summed E-state index contributed by atoms with van der Waals surface area (Å²) in [5, 5.41) is 0. The number of rotatable bonds is 3. The molecule has 0 aliphatic rings. The van der Waals surface area contributed by atoms with Crippen molar-refractivity contribution in [2.45, 2.75) is 33.6 Å². The Bertz CT molecular complexity index is 46.0. The van der Waals surface area contributed by atoms with E-state index in [-0.39, 0.29) is 0 Å². The van der Waals surface area contributed by atoms with Crippen LogP contribution in [0.15, 0.2) is 0 Å². The van der Waals surface area contributed by atoms with Crippen molar-refractivity contribution in [3.63, 3.8) is 0 Å². The summed E-state index contributed by atoms with van der Waals surface area (Å²) < 4.78 is 0. The fraction of sp³-hybridized carbons (Fsp3) is 0.875. The first-order valence-corrected chi connectivity index (χ1v) is 3.51. The van der Waals surface area contributed by atoms with Crippen molar-refractivity contribution in [2.75, 3.05) is 0 Å². The quantitative estimate of drug-likeness (QED) is 0.494. The summed E-state index contributed by atoms with van der Waals surface area (Å²) in [4.78, 5) is 0. The first-order valence-electron chi connectivity index (χ1n) is 3.51. The van der Waals surface area contributed by atoms with Gasteiger partial charge in [0.1, 0.15) is 0 Å². The van der Waals surface area contributed by atoms with E-state index in [1.165, 1.54) is 12.8 Å². The molecule has 0 heteroatoms. The van der Waals surface area contributed by atoms with E-state index in [1.807, 2.05) is 0 Å². The fourth-order valence-electron chi connectivity index (χ4n) is 0.740. The van der Waals surface area contributed by atoms with Crippen LogP contribution in [0.3, 0.4) is 0 Å². The first kappa shape index (κ1) is 8.00. The van der Waals surface area contributed by atoms with Crippen molar-refractivity contribution in [3.05, 3.63) is 6.92 Å². The predicted octanol–water partition coefficient (Wildman–Crippen LogP) is 2.89. The summed E-state index contributed by atoms with van der Waals surface area (Å²) in [7, 11) is 0. The van der Waals surface area contributed by atoms with Gasteiger partial charge in [-0.3, -0.25) is 0 Å². The van der Waals surface area contributed by atoms with Crippen molar-refractivity contribution in [2.24, 2.45) is 11.8 Å². The smallest absolute Gasteiger partial charge is 0.0532 e. The van der Waals surface area contributed by atoms with Crippen LogP contribution in [0.2, 0.25) is 0 Å². The average Bonchev–Trinajstić information content (AvgIpc) is 1.67. The molecule has 0 radical (unpaired) electrons. The molecule has 0 nitrogen and oxygen atoms in total. The van der Waals surface area contributed by atoms with Crippen LogP contribution in [-0.2, 0) is 0 Å². The minimum Gasteiger partial charge on any atom is -0.340 e. The molecular weight excluding hydrogens is 96.1 g/mol. The van der Waals surface area contributed by atoms with E-state index < -0.39 is 0 Å². The van der Waals surface area contributed by atoms with Crippen molar-refractivity contribution in [1.29, 1.82) is 0 Å². The Balaban J connectivity index is 3.17. The van der Waals surface area contributed by atoms with Crippen LogP contribution in [0.5, 0.6) is 0 Å². The molecule has 0 aliphatic heterocycles. The Labute approximate surface area is 53.3 Å².